The molecule has 0 rings (SSSR count). The minimum atomic E-state index is 0.935. The minimum absolute atomic E-state index is 0.935. The lowest BCUT2D eigenvalue weighted by atomic mass is 10.1. The minimum Gasteiger partial charge on any atom is -0.320 e. The Hall–Kier alpha value is -0.0400. The first-order valence-corrected chi connectivity index (χ1v) is 4.87. The average molecular weight is 159 g/mol. The Kier molecular flexibility index (Phi) is 15.5. The van der Waals surface area contributed by atoms with Gasteiger partial charge >= 0.3 is 0 Å². The summed E-state index contributed by atoms with van der Waals surface area (Å²) in [6.07, 6.45) is 3.89. The lowest BCUT2D eigenvalue weighted by molar-refractivity contribution is 0.544. The molecule has 70 valence electrons. The molecule has 1 heteroatoms. The molecule has 0 unspecified atom stereocenters. The van der Waals surface area contributed by atoms with Crippen molar-refractivity contribution >= 4 is 0 Å². The van der Waals surface area contributed by atoms with E-state index >= 15 is 0 Å². The molecule has 0 saturated carbocycles. The summed E-state index contributed by atoms with van der Waals surface area (Å²) in [6.45, 7) is 10.0. The fourth-order valence-electron chi connectivity index (χ4n) is 0.539. The summed E-state index contributed by atoms with van der Waals surface area (Å²) in [4.78, 5) is 0. The summed E-state index contributed by atoms with van der Waals surface area (Å²) in [6, 6.07) is 0. The van der Waals surface area contributed by atoms with Gasteiger partial charge in [-0.05, 0) is 25.9 Å². The van der Waals surface area contributed by atoms with Gasteiger partial charge in [-0.1, -0.05) is 40.5 Å². The molecule has 0 saturated heterocycles. The molecule has 0 atom stereocenters. The number of nitrogens with one attached hydrogen (secondary N) is 1. The van der Waals surface area contributed by atoms with Crippen molar-refractivity contribution < 1.29 is 0 Å². The highest BCUT2D eigenvalue weighted by Gasteiger charge is 1.88. The van der Waals surface area contributed by atoms with Gasteiger partial charge < -0.3 is 5.32 Å². The largest absolute Gasteiger partial charge is 0.320 e. The van der Waals surface area contributed by atoms with Crippen molar-refractivity contribution in [3.8, 4) is 0 Å². The van der Waals surface area contributed by atoms with Crippen LogP contribution in [0.3, 0.4) is 0 Å². The number of rotatable bonds is 4. The van der Waals surface area contributed by atoms with Crippen LogP contribution in [-0.4, -0.2) is 13.6 Å². The molecular weight excluding hydrogens is 134 g/mol. The van der Waals surface area contributed by atoms with E-state index in [-0.39, 0.29) is 0 Å². The van der Waals surface area contributed by atoms with Crippen molar-refractivity contribution in [2.75, 3.05) is 13.6 Å². The Morgan fingerprint density at radius 3 is 1.55 bits per heavy atom. The zero-order valence-corrected chi connectivity index (χ0v) is 8.91. The second-order valence-electron chi connectivity index (χ2n) is 3.03. The Morgan fingerprint density at radius 1 is 1.09 bits per heavy atom. The molecule has 0 aromatic heterocycles. The second-order valence-corrected chi connectivity index (χ2v) is 3.03. The molecule has 0 radical (unpaired) electrons. The van der Waals surface area contributed by atoms with Crippen LogP contribution in [-0.2, 0) is 0 Å². The van der Waals surface area contributed by atoms with E-state index in [9.17, 15) is 0 Å². The van der Waals surface area contributed by atoms with Gasteiger partial charge in [-0.3, -0.25) is 0 Å². The number of hydrogen-bond acceptors (Lipinski definition) is 1. The van der Waals surface area contributed by atoms with E-state index in [4.69, 9.17) is 0 Å². The highest BCUT2D eigenvalue weighted by molar-refractivity contribution is 4.41. The second kappa shape index (κ2) is 12.6. The summed E-state index contributed by atoms with van der Waals surface area (Å²) in [5.74, 6) is 0.935. The van der Waals surface area contributed by atoms with Crippen LogP contribution in [0, 0.1) is 5.92 Å². The predicted molar refractivity (Wildman–Crippen MR) is 54.0 cm³/mol. The van der Waals surface area contributed by atoms with Crippen LogP contribution in [0.1, 0.15) is 47.0 Å². The van der Waals surface area contributed by atoms with Gasteiger partial charge in [0.15, 0.2) is 0 Å². The van der Waals surface area contributed by atoms with Crippen molar-refractivity contribution in [3.05, 3.63) is 0 Å². The molecule has 0 heterocycles. The summed E-state index contributed by atoms with van der Waals surface area (Å²) in [7, 11) is 1.96. The van der Waals surface area contributed by atoms with E-state index in [1.807, 2.05) is 7.05 Å². The van der Waals surface area contributed by atoms with Gasteiger partial charge in [0.05, 0.1) is 0 Å². The van der Waals surface area contributed by atoms with Gasteiger partial charge in [-0.15, -0.1) is 0 Å². The van der Waals surface area contributed by atoms with E-state index in [2.05, 4.69) is 33.0 Å². The molecule has 0 aliphatic heterocycles. The van der Waals surface area contributed by atoms with Gasteiger partial charge in [0.25, 0.3) is 0 Å². The third-order valence-corrected chi connectivity index (χ3v) is 1.89. The highest BCUT2D eigenvalue weighted by atomic mass is 14.8. The van der Waals surface area contributed by atoms with Crippen LogP contribution >= 0.6 is 0 Å². The zero-order valence-electron chi connectivity index (χ0n) is 8.91. The van der Waals surface area contributed by atoms with E-state index in [1.54, 1.807) is 0 Å². The SMILES string of the molecule is CCC(C)CC.CCCNC. The predicted octanol–water partition coefficient (Wildman–Crippen LogP) is 3.06. The first-order valence-electron chi connectivity index (χ1n) is 4.87. The van der Waals surface area contributed by atoms with Gasteiger partial charge in [-0.25, -0.2) is 0 Å². The highest BCUT2D eigenvalue weighted by Crippen LogP contribution is 2.02. The Bertz CT molecular complexity index is 46.8. The molecule has 0 amide bonds. The average Bonchev–Trinajstić information content (AvgIpc) is 2.06. The molecule has 11 heavy (non-hydrogen) atoms. The lowest BCUT2D eigenvalue weighted by Crippen LogP contribution is -2.04. The van der Waals surface area contributed by atoms with Crippen LogP contribution in [0.5, 0.6) is 0 Å². The fraction of sp³-hybridized carbons (Fsp3) is 1.00. The van der Waals surface area contributed by atoms with Crippen LogP contribution in [0.2, 0.25) is 0 Å². The monoisotopic (exact) mass is 159 g/mol. The number of hydrogen-bond donors (Lipinski definition) is 1. The van der Waals surface area contributed by atoms with Crippen LogP contribution in [0.15, 0.2) is 0 Å². The Balaban J connectivity index is 0. The molecule has 1 N–H and O–H groups in total. The molecule has 0 aromatic rings. The molecule has 0 spiro atoms. The summed E-state index contributed by atoms with van der Waals surface area (Å²) in [5.41, 5.74) is 0. The van der Waals surface area contributed by atoms with E-state index < -0.39 is 0 Å². The molecular formula is C10H25N. The maximum atomic E-state index is 3.02. The third-order valence-electron chi connectivity index (χ3n) is 1.89. The maximum Gasteiger partial charge on any atom is -0.00546 e. The van der Waals surface area contributed by atoms with Gasteiger partial charge in [0, 0.05) is 0 Å². The standard InChI is InChI=1S/C6H14.C4H11N/c1-4-6(3)5-2;1-3-4-5-2/h6H,4-5H2,1-3H3;5H,3-4H2,1-2H3. The van der Waals surface area contributed by atoms with E-state index in [0.29, 0.717) is 0 Å². The molecule has 0 bridgehead atoms. The topological polar surface area (TPSA) is 12.0 Å². The first-order chi connectivity index (χ1) is 5.22. The smallest absolute Gasteiger partial charge is 0.00546 e. The Labute approximate surface area is 72.6 Å². The van der Waals surface area contributed by atoms with Crippen LogP contribution in [0.25, 0.3) is 0 Å². The Morgan fingerprint density at radius 2 is 1.55 bits per heavy atom. The van der Waals surface area contributed by atoms with E-state index in [1.165, 1.54) is 19.3 Å². The van der Waals surface area contributed by atoms with Crippen LogP contribution in [0.4, 0.5) is 0 Å². The fourth-order valence-corrected chi connectivity index (χ4v) is 0.539. The van der Waals surface area contributed by atoms with Crippen molar-refractivity contribution in [1.29, 1.82) is 0 Å². The first kappa shape index (κ1) is 13.5. The summed E-state index contributed by atoms with van der Waals surface area (Å²) >= 11 is 0. The van der Waals surface area contributed by atoms with Gasteiger partial charge in [0.1, 0.15) is 0 Å². The molecule has 0 fully saturated rings. The summed E-state index contributed by atoms with van der Waals surface area (Å²) < 4.78 is 0. The van der Waals surface area contributed by atoms with Crippen molar-refractivity contribution in [2.45, 2.75) is 47.0 Å². The maximum absolute atomic E-state index is 3.02. The molecule has 0 aromatic carbocycles. The molecule has 1 nitrogen and oxygen atoms in total. The van der Waals surface area contributed by atoms with E-state index in [0.717, 1.165) is 12.5 Å². The quantitative estimate of drug-likeness (QED) is 0.665. The van der Waals surface area contributed by atoms with Crippen molar-refractivity contribution in [1.82, 2.24) is 5.32 Å². The zero-order chi connectivity index (χ0) is 9.11. The van der Waals surface area contributed by atoms with Crippen molar-refractivity contribution in [3.63, 3.8) is 0 Å². The van der Waals surface area contributed by atoms with Gasteiger partial charge in [0.2, 0.25) is 0 Å². The molecule has 0 aliphatic carbocycles. The third kappa shape index (κ3) is 17.8. The van der Waals surface area contributed by atoms with Gasteiger partial charge in [-0.2, -0.15) is 0 Å². The van der Waals surface area contributed by atoms with Crippen molar-refractivity contribution in [2.24, 2.45) is 5.92 Å². The summed E-state index contributed by atoms with van der Waals surface area (Å²) in [5, 5.41) is 3.02. The molecule has 0 aliphatic rings. The normalized spacial score (nSPS) is 9.27. The van der Waals surface area contributed by atoms with Crippen LogP contribution < -0.4 is 5.32 Å². The lowest BCUT2D eigenvalue weighted by Gasteiger charge is -1.98.